The molecule has 0 spiro atoms. The minimum absolute atomic E-state index is 0.0845. The molecule has 0 aromatic heterocycles. The average Bonchev–Trinajstić information content (AvgIpc) is 3.96. The summed E-state index contributed by atoms with van der Waals surface area (Å²) in [6.45, 7) is 16.3. The fourth-order valence-corrected chi connectivity index (χ4v) is 11.8. The topological polar surface area (TPSA) is 152 Å². The van der Waals surface area contributed by atoms with Crippen molar-refractivity contribution in [2.24, 2.45) is 11.8 Å². The Labute approximate surface area is 392 Å². The average molecular weight is 945 g/mol. The molecule has 0 amide bonds. The number of fused-ring (bicyclic) bond motifs is 2. The van der Waals surface area contributed by atoms with Crippen molar-refractivity contribution in [2.75, 3.05) is 39.6 Å². The van der Waals surface area contributed by atoms with E-state index in [1.165, 1.54) is 0 Å². The van der Waals surface area contributed by atoms with Crippen LogP contribution in [0.4, 0.5) is 0 Å². The van der Waals surface area contributed by atoms with Gasteiger partial charge in [0.15, 0.2) is 5.57 Å². The van der Waals surface area contributed by atoms with Crippen molar-refractivity contribution in [1.29, 1.82) is 5.26 Å². The number of hydrogen-bond acceptors (Lipinski definition) is 15. The number of nitrogens with zero attached hydrogens (tertiary/aromatic N) is 2. The van der Waals surface area contributed by atoms with Gasteiger partial charge in [0, 0.05) is 0 Å². The number of rotatable bonds is 24. The molecule has 64 heavy (non-hydrogen) atoms. The van der Waals surface area contributed by atoms with Gasteiger partial charge >= 0.3 is 23.9 Å². The van der Waals surface area contributed by atoms with Crippen LogP contribution in [0.2, 0.25) is 0 Å². The van der Waals surface area contributed by atoms with E-state index in [0.717, 1.165) is 98.4 Å². The largest absolute Gasteiger partial charge is 0.488 e. The molecule has 0 radical (unpaired) electrons. The van der Waals surface area contributed by atoms with E-state index < -0.39 is 23.9 Å². The van der Waals surface area contributed by atoms with Gasteiger partial charge in [-0.15, -0.1) is 0 Å². The molecule has 0 saturated heterocycles. The molecule has 12 nitrogen and oxygen atoms in total. The van der Waals surface area contributed by atoms with Gasteiger partial charge in [0.25, 0.3) is 5.70 Å². The van der Waals surface area contributed by atoms with Crippen molar-refractivity contribution >= 4 is 70.9 Å². The zero-order chi connectivity index (χ0) is 45.8. The smallest absolute Gasteiger partial charge is 0.350 e. The third-order valence-corrected chi connectivity index (χ3v) is 15.3. The standard InChI is InChI=1S/C48H52N2O10S4/c1-6-10-18-31(8-3)29-59-45(53)35(28-49)47-61-39-37(55-24-26-57-43(51)33-20-14-12-15-21-33)41-42(38(40(39)62-47)56-25-27-58-44(52)34-22-16-13-17-23-34)64-48(63-41)36(50-5)46(54)60-30-32(9-4)19-11-7-2/h12-17,20-23,31-32H,6-11,18-19,24-27,29-30H2,1-4H3. The lowest BCUT2D eigenvalue weighted by molar-refractivity contribution is -0.141. The highest BCUT2D eigenvalue weighted by atomic mass is 32.2. The summed E-state index contributed by atoms with van der Waals surface area (Å²) in [5.41, 5.74) is 0.390. The Morgan fingerprint density at radius 2 is 1.03 bits per heavy atom. The first-order chi connectivity index (χ1) is 31.2. The SMILES string of the molecule is [C-]#[N+]C(C(=O)OCC(CC)CCCC)=C1Sc2c(OCCOC(=O)c3ccccc3)c3c(c(OCCOC(=O)c4ccccc4)c2S1)SC(=C(C#N)C(=O)OCC(CC)CCCC)S3. The third kappa shape index (κ3) is 13.5. The monoisotopic (exact) mass is 944 g/mol. The first-order valence-corrected chi connectivity index (χ1v) is 24.7. The number of benzene rings is 3. The number of esters is 4. The predicted molar refractivity (Wildman–Crippen MR) is 249 cm³/mol. The summed E-state index contributed by atoms with van der Waals surface area (Å²) in [7, 11) is 0. The summed E-state index contributed by atoms with van der Waals surface area (Å²) >= 11 is 4.54. The van der Waals surface area contributed by atoms with E-state index in [-0.39, 0.29) is 62.7 Å². The van der Waals surface area contributed by atoms with Gasteiger partial charge in [-0.2, -0.15) is 5.26 Å². The molecule has 0 saturated carbocycles. The number of carbonyl (C=O) groups is 4. The van der Waals surface area contributed by atoms with E-state index in [2.05, 4.69) is 24.8 Å². The lowest BCUT2D eigenvalue weighted by Gasteiger charge is -2.18. The highest BCUT2D eigenvalue weighted by Gasteiger charge is 2.40. The second-order valence-electron chi connectivity index (χ2n) is 14.6. The molecular formula is C48H52N2O10S4. The fraction of sp³-hybridized carbons (Fsp3) is 0.417. The van der Waals surface area contributed by atoms with Gasteiger partial charge in [0.05, 0.1) is 59.0 Å². The van der Waals surface area contributed by atoms with Crippen LogP contribution in [-0.2, 0) is 28.5 Å². The first kappa shape index (κ1) is 50.0. The second kappa shape index (κ2) is 26.1. The maximum atomic E-state index is 13.6. The molecule has 2 unspecified atom stereocenters. The molecule has 2 heterocycles. The fourth-order valence-electron chi connectivity index (χ4n) is 6.41. The van der Waals surface area contributed by atoms with E-state index >= 15 is 0 Å². The summed E-state index contributed by atoms with van der Waals surface area (Å²) < 4.78 is 36.1. The molecule has 16 heteroatoms. The van der Waals surface area contributed by atoms with Crippen LogP contribution < -0.4 is 9.47 Å². The Morgan fingerprint density at radius 3 is 1.42 bits per heavy atom. The summed E-state index contributed by atoms with van der Waals surface area (Å²) in [5, 5.41) is 10.4. The molecule has 5 rings (SSSR count). The maximum absolute atomic E-state index is 13.6. The maximum Gasteiger partial charge on any atom is 0.350 e. The van der Waals surface area contributed by atoms with Gasteiger partial charge in [0.2, 0.25) is 0 Å². The van der Waals surface area contributed by atoms with E-state index in [4.69, 9.17) is 35.0 Å². The number of nitriles is 1. The number of hydrogen-bond donors (Lipinski definition) is 0. The van der Waals surface area contributed by atoms with Gasteiger partial charge < -0.3 is 28.4 Å². The zero-order valence-corrected chi connectivity index (χ0v) is 39.7. The van der Waals surface area contributed by atoms with Gasteiger partial charge in [0.1, 0.15) is 44.0 Å². The van der Waals surface area contributed by atoms with E-state index in [1.807, 2.05) is 13.8 Å². The van der Waals surface area contributed by atoms with Crippen LogP contribution >= 0.6 is 47.0 Å². The molecule has 3 aromatic carbocycles. The predicted octanol–water partition coefficient (Wildman–Crippen LogP) is 11.9. The molecule has 3 aromatic rings. The Morgan fingerprint density at radius 1 is 0.609 bits per heavy atom. The Kier molecular flexibility index (Phi) is 20.4. The molecule has 2 aliphatic rings. The number of ether oxygens (including phenoxy) is 6. The zero-order valence-electron chi connectivity index (χ0n) is 36.4. The van der Waals surface area contributed by atoms with E-state index in [9.17, 15) is 24.4 Å². The molecule has 338 valence electrons. The van der Waals surface area contributed by atoms with Crippen molar-refractivity contribution in [3.8, 4) is 17.6 Å². The molecule has 0 fully saturated rings. The van der Waals surface area contributed by atoms with Crippen molar-refractivity contribution in [1.82, 2.24) is 0 Å². The van der Waals surface area contributed by atoms with Gasteiger partial charge in [-0.3, -0.25) is 4.79 Å². The molecule has 2 atom stereocenters. The molecule has 0 aliphatic carbocycles. The van der Waals surface area contributed by atoms with Crippen LogP contribution in [0.5, 0.6) is 11.5 Å². The van der Waals surface area contributed by atoms with Gasteiger partial charge in [-0.05, 0) is 48.9 Å². The summed E-state index contributed by atoms with van der Waals surface area (Å²) in [4.78, 5) is 58.4. The molecule has 0 N–H and O–H groups in total. The van der Waals surface area contributed by atoms with Gasteiger partial charge in [-0.1, -0.05) is 150 Å². The molecule has 0 bridgehead atoms. The summed E-state index contributed by atoms with van der Waals surface area (Å²) in [6, 6.07) is 19.2. The quantitative estimate of drug-likeness (QED) is 0.0209. The van der Waals surface area contributed by atoms with Crippen LogP contribution in [-0.4, -0.2) is 63.5 Å². The Balaban J connectivity index is 1.51. The third-order valence-electron chi connectivity index (χ3n) is 10.2. The van der Waals surface area contributed by atoms with Gasteiger partial charge in [-0.25, -0.2) is 19.2 Å². The van der Waals surface area contributed by atoms with Crippen LogP contribution in [0.15, 0.2) is 100.0 Å². The highest BCUT2D eigenvalue weighted by molar-refractivity contribution is 8.26. The van der Waals surface area contributed by atoms with Crippen molar-refractivity contribution < 1.29 is 47.6 Å². The van der Waals surface area contributed by atoms with E-state index in [1.54, 1.807) is 60.7 Å². The van der Waals surface area contributed by atoms with Crippen LogP contribution in [0.25, 0.3) is 4.85 Å². The van der Waals surface area contributed by atoms with Crippen molar-refractivity contribution in [3.63, 3.8) is 0 Å². The normalized spacial score (nSPS) is 13.3. The van der Waals surface area contributed by atoms with Crippen LogP contribution in [0.1, 0.15) is 99.8 Å². The summed E-state index contributed by atoms with van der Waals surface area (Å²) in [6.07, 6.45) is 7.50. The first-order valence-electron chi connectivity index (χ1n) is 21.4. The summed E-state index contributed by atoms with van der Waals surface area (Å²) in [5.74, 6) is -1.57. The molecule has 2 aliphatic heterocycles. The number of thioether (sulfide) groups is 4. The minimum Gasteiger partial charge on any atom is -0.488 e. The minimum atomic E-state index is -0.743. The van der Waals surface area contributed by atoms with Crippen LogP contribution in [0.3, 0.4) is 0 Å². The Bertz CT molecular complexity index is 2070. The lowest BCUT2D eigenvalue weighted by Crippen LogP contribution is -2.15. The van der Waals surface area contributed by atoms with E-state index in [0.29, 0.717) is 50.7 Å². The van der Waals surface area contributed by atoms with Crippen molar-refractivity contribution in [3.05, 3.63) is 103 Å². The second-order valence-corrected chi connectivity index (χ2v) is 19.2. The lowest BCUT2D eigenvalue weighted by atomic mass is 10.0. The number of carbonyl (C=O) groups excluding carboxylic acids is 4. The Hall–Kier alpha value is -5.00. The van der Waals surface area contributed by atoms with Crippen LogP contribution in [0, 0.1) is 29.7 Å². The highest BCUT2D eigenvalue weighted by Crippen LogP contribution is 2.68. The number of unbranched alkanes of at least 4 members (excludes halogenated alkanes) is 2. The van der Waals surface area contributed by atoms with Crippen molar-refractivity contribution in [2.45, 2.75) is 98.6 Å². The molecular weight excluding hydrogens is 893 g/mol.